The van der Waals surface area contributed by atoms with Gasteiger partial charge in [-0.1, -0.05) is 71.2 Å². The molecule has 32 heavy (non-hydrogen) atoms. The van der Waals surface area contributed by atoms with Crippen molar-refractivity contribution >= 4 is 52.3 Å². The summed E-state index contributed by atoms with van der Waals surface area (Å²) < 4.78 is 0. The predicted molar refractivity (Wildman–Crippen MR) is 134 cm³/mol. The molecular formula is C27H20Cl3NO. The molecule has 0 saturated heterocycles. The van der Waals surface area contributed by atoms with E-state index >= 15 is 0 Å². The topological polar surface area (TPSA) is 29.1 Å². The molecule has 0 radical (unpaired) electrons. The van der Waals surface area contributed by atoms with Gasteiger partial charge in [0.1, 0.15) is 0 Å². The van der Waals surface area contributed by atoms with Crippen LogP contribution in [0, 0.1) is 5.92 Å². The molecule has 5 heteroatoms. The van der Waals surface area contributed by atoms with Gasteiger partial charge in [-0.05, 0) is 77.6 Å². The number of anilines is 1. The zero-order valence-corrected chi connectivity index (χ0v) is 19.3. The summed E-state index contributed by atoms with van der Waals surface area (Å²) in [4.78, 5) is 12.9. The van der Waals surface area contributed by atoms with Crippen LogP contribution >= 0.6 is 34.8 Å². The second kappa shape index (κ2) is 8.78. The molecule has 0 saturated carbocycles. The minimum atomic E-state index is -0.0674. The van der Waals surface area contributed by atoms with E-state index in [9.17, 15) is 4.79 Å². The van der Waals surface area contributed by atoms with Crippen molar-refractivity contribution in [1.82, 2.24) is 0 Å². The van der Waals surface area contributed by atoms with Crippen LogP contribution in [-0.4, -0.2) is 5.78 Å². The van der Waals surface area contributed by atoms with E-state index in [1.807, 2.05) is 42.5 Å². The second-order valence-electron chi connectivity index (χ2n) is 8.17. The summed E-state index contributed by atoms with van der Waals surface area (Å²) in [5, 5.41) is 5.35. The Balaban J connectivity index is 1.43. The maximum atomic E-state index is 12.9. The highest BCUT2D eigenvalue weighted by Gasteiger charge is 2.38. The average Bonchev–Trinajstić information content (AvgIpc) is 3.30. The van der Waals surface area contributed by atoms with Crippen molar-refractivity contribution in [2.75, 3.05) is 5.32 Å². The standard InChI is InChI=1S/C27H20Cl3NO/c28-19-11-7-17(8-12-19)27-21-5-2-4-20(21)22-15-18(9-13-24(22)31-27)25(32)14-10-16-3-1-6-23(29)26(16)30/h1-4,6-15,20-21,27,31H,5H2. The first-order valence-electron chi connectivity index (χ1n) is 10.5. The zero-order chi connectivity index (χ0) is 22.2. The van der Waals surface area contributed by atoms with Gasteiger partial charge in [-0.3, -0.25) is 4.79 Å². The quantitative estimate of drug-likeness (QED) is 0.231. The van der Waals surface area contributed by atoms with Crippen molar-refractivity contribution in [3.05, 3.63) is 116 Å². The molecule has 3 aromatic rings. The van der Waals surface area contributed by atoms with Gasteiger partial charge in [0.2, 0.25) is 0 Å². The summed E-state index contributed by atoms with van der Waals surface area (Å²) in [6, 6.07) is 19.5. The molecule has 0 spiro atoms. The van der Waals surface area contributed by atoms with E-state index in [1.165, 1.54) is 5.56 Å². The summed E-state index contributed by atoms with van der Waals surface area (Å²) in [6.07, 6.45) is 8.76. The lowest BCUT2D eigenvalue weighted by Gasteiger charge is -2.37. The third-order valence-electron chi connectivity index (χ3n) is 6.27. The first-order valence-corrected chi connectivity index (χ1v) is 11.6. The van der Waals surface area contributed by atoms with E-state index in [0.717, 1.165) is 28.3 Å². The molecule has 0 aromatic heterocycles. The van der Waals surface area contributed by atoms with Crippen LogP contribution in [0.2, 0.25) is 15.1 Å². The van der Waals surface area contributed by atoms with Crippen LogP contribution in [0.3, 0.4) is 0 Å². The van der Waals surface area contributed by atoms with E-state index in [1.54, 1.807) is 18.2 Å². The largest absolute Gasteiger partial charge is 0.378 e. The minimum absolute atomic E-state index is 0.0674. The number of allylic oxidation sites excluding steroid dienone is 3. The first-order chi connectivity index (χ1) is 15.5. The summed E-state index contributed by atoms with van der Waals surface area (Å²) >= 11 is 18.4. The molecule has 1 N–H and O–H groups in total. The lowest BCUT2D eigenvalue weighted by atomic mass is 9.76. The molecule has 1 heterocycles. The Labute approximate surface area is 202 Å². The van der Waals surface area contributed by atoms with Crippen molar-refractivity contribution in [2.24, 2.45) is 5.92 Å². The van der Waals surface area contributed by atoms with E-state index in [2.05, 4.69) is 29.6 Å². The first kappa shape index (κ1) is 21.3. The molecule has 160 valence electrons. The molecule has 3 atom stereocenters. The van der Waals surface area contributed by atoms with E-state index in [0.29, 0.717) is 21.5 Å². The number of hydrogen-bond donors (Lipinski definition) is 1. The fraction of sp³-hybridized carbons (Fsp3) is 0.148. The Morgan fingerprint density at radius 3 is 2.62 bits per heavy atom. The van der Waals surface area contributed by atoms with Gasteiger partial charge in [0.05, 0.1) is 16.1 Å². The zero-order valence-electron chi connectivity index (χ0n) is 17.1. The summed E-state index contributed by atoms with van der Waals surface area (Å²) in [5.41, 5.74) is 4.83. The number of carbonyl (C=O) groups is 1. The van der Waals surface area contributed by atoms with Crippen LogP contribution in [0.4, 0.5) is 5.69 Å². The molecular weight excluding hydrogens is 461 g/mol. The van der Waals surface area contributed by atoms with Crippen LogP contribution in [0.25, 0.3) is 6.08 Å². The van der Waals surface area contributed by atoms with Crippen molar-refractivity contribution in [3.8, 4) is 0 Å². The summed E-state index contributed by atoms with van der Waals surface area (Å²) in [5.74, 6) is 0.600. The summed E-state index contributed by atoms with van der Waals surface area (Å²) in [6.45, 7) is 0. The molecule has 1 aliphatic heterocycles. The third kappa shape index (κ3) is 3.99. The number of benzene rings is 3. The van der Waals surface area contributed by atoms with Crippen LogP contribution in [-0.2, 0) is 0 Å². The predicted octanol–water partition coefficient (Wildman–Crippen LogP) is 8.37. The maximum Gasteiger partial charge on any atom is 0.185 e. The van der Waals surface area contributed by atoms with Gasteiger partial charge in [0.15, 0.2) is 5.78 Å². The van der Waals surface area contributed by atoms with E-state index in [4.69, 9.17) is 34.8 Å². The lowest BCUT2D eigenvalue weighted by Crippen LogP contribution is -2.29. The van der Waals surface area contributed by atoms with E-state index in [-0.39, 0.29) is 17.7 Å². The molecule has 2 aliphatic rings. The number of hydrogen-bond acceptors (Lipinski definition) is 2. The van der Waals surface area contributed by atoms with Crippen molar-refractivity contribution in [3.63, 3.8) is 0 Å². The van der Waals surface area contributed by atoms with Gasteiger partial charge in [0.25, 0.3) is 0 Å². The maximum absolute atomic E-state index is 12.9. The Hall–Kier alpha value is -2.52. The molecule has 0 bridgehead atoms. The van der Waals surface area contributed by atoms with Gasteiger partial charge in [-0.15, -0.1) is 0 Å². The number of rotatable bonds is 4. The van der Waals surface area contributed by atoms with Crippen LogP contribution in [0.1, 0.15) is 45.4 Å². The molecule has 1 aliphatic carbocycles. The second-order valence-corrected chi connectivity index (χ2v) is 9.39. The Morgan fingerprint density at radius 1 is 1.00 bits per heavy atom. The fourth-order valence-corrected chi connectivity index (χ4v) is 5.16. The van der Waals surface area contributed by atoms with Gasteiger partial charge in [-0.25, -0.2) is 0 Å². The van der Waals surface area contributed by atoms with Gasteiger partial charge < -0.3 is 5.32 Å². The van der Waals surface area contributed by atoms with Gasteiger partial charge >= 0.3 is 0 Å². The molecule has 3 unspecified atom stereocenters. The number of nitrogens with one attached hydrogen (secondary N) is 1. The summed E-state index contributed by atoms with van der Waals surface area (Å²) in [7, 11) is 0. The van der Waals surface area contributed by atoms with Crippen LogP contribution < -0.4 is 5.32 Å². The highest BCUT2D eigenvalue weighted by Crippen LogP contribution is 2.50. The third-order valence-corrected chi connectivity index (χ3v) is 7.36. The van der Waals surface area contributed by atoms with E-state index < -0.39 is 0 Å². The highest BCUT2D eigenvalue weighted by molar-refractivity contribution is 6.43. The minimum Gasteiger partial charge on any atom is -0.378 e. The van der Waals surface area contributed by atoms with Crippen molar-refractivity contribution in [2.45, 2.75) is 18.4 Å². The van der Waals surface area contributed by atoms with Crippen LogP contribution in [0.5, 0.6) is 0 Å². The number of fused-ring (bicyclic) bond motifs is 3. The number of halogens is 3. The van der Waals surface area contributed by atoms with Crippen molar-refractivity contribution in [1.29, 1.82) is 0 Å². The number of ketones is 1. The van der Waals surface area contributed by atoms with Gasteiger partial charge in [0, 0.05) is 22.2 Å². The lowest BCUT2D eigenvalue weighted by molar-refractivity contribution is 0.104. The Kier molecular flexibility index (Phi) is 5.86. The monoisotopic (exact) mass is 479 g/mol. The molecule has 2 nitrogen and oxygen atoms in total. The molecule has 0 amide bonds. The Bertz CT molecular complexity index is 1250. The van der Waals surface area contributed by atoms with Gasteiger partial charge in [-0.2, -0.15) is 0 Å². The molecule has 0 fully saturated rings. The fourth-order valence-electron chi connectivity index (χ4n) is 4.66. The SMILES string of the molecule is O=C(C=Cc1cccc(Cl)c1Cl)c1ccc2c(c1)C1C=CCC1C(c1ccc(Cl)cc1)N2. The van der Waals surface area contributed by atoms with Crippen molar-refractivity contribution < 1.29 is 4.79 Å². The molecule has 3 aromatic carbocycles. The highest BCUT2D eigenvalue weighted by atomic mass is 35.5. The number of carbonyl (C=O) groups excluding carboxylic acids is 1. The normalized spacial score (nSPS) is 21.3. The van der Waals surface area contributed by atoms with Crippen LogP contribution in [0.15, 0.2) is 78.9 Å². The Morgan fingerprint density at radius 2 is 1.81 bits per heavy atom. The smallest absolute Gasteiger partial charge is 0.185 e. The average molecular weight is 481 g/mol. The molecule has 5 rings (SSSR count).